The second-order valence-electron chi connectivity index (χ2n) is 3.52. The summed E-state index contributed by atoms with van der Waals surface area (Å²) in [5.41, 5.74) is -0.940. The summed E-state index contributed by atoms with van der Waals surface area (Å²) < 4.78 is 38.6. The maximum atomic E-state index is 13.2. The lowest BCUT2D eigenvalue weighted by Gasteiger charge is -2.08. The lowest BCUT2D eigenvalue weighted by Crippen LogP contribution is -2.11. The van der Waals surface area contributed by atoms with Crippen LogP contribution in [0.3, 0.4) is 0 Å². The Balaban J connectivity index is 2.54. The molecule has 1 aromatic carbocycles. The number of benzene rings is 1. The summed E-state index contributed by atoms with van der Waals surface area (Å²) in [4.78, 5) is 10.7. The molecule has 74 valence electrons. The number of hydrogen-bond acceptors (Lipinski definition) is 1. The molecule has 0 N–H and O–H groups in total. The molecule has 2 rings (SSSR count). The lowest BCUT2D eigenvalue weighted by atomic mass is 9.97. The van der Waals surface area contributed by atoms with Gasteiger partial charge in [0.25, 0.3) is 0 Å². The Labute approximate surface area is 78.5 Å². The molecule has 0 aliphatic heterocycles. The summed E-state index contributed by atoms with van der Waals surface area (Å²) >= 11 is 0. The number of hydrogen-bond donors (Lipinski definition) is 0. The van der Waals surface area contributed by atoms with Crippen molar-refractivity contribution in [1.29, 1.82) is 0 Å². The molecule has 14 heavy (non-hydrogen) atoms. The molecule has 0 atom stereocenters. The topological polar surface area (TPSA) is 17.1 Å². The second kappa shape index (κ2) is 2.83. The average Bonchev–Trinajstić information content (AvgIpc) is 2.92. The second-order valence-corrected chi connectivity index (χ2v) is 3.52. The van der Waals surface area contributed by atoms with E-state index in [0.717, 1.165) is 6.07 Å². The molecule has 1 saturated carbocycles. The number of aldehydes is 1. The van der Waals surface area contributed by atoms with Crippen LogP contribution >= 0.6 is 0 Å². The van der Waals surface area contributed by atoms with E-state index in [1.54, 1.807) is 0 Å². The van der Waals surface area contributed by atoms with Crippen molar-refractivity contribution in [1.82, 2.24) is 0 Å². The van der Waals surface area contributed by atoms with Gasteiger partial charge in [-0.05, 0) is 18.9 Å². The van der Waals surface area contributed by atoms with Gasteiger partial charge in [-0.15, -0.1) is 0 Å². The van der Waals surface area contributed by atoms with Gasteiger partial charge in [-0.1, -0.05) is 0 Å². The van der Waals surface area contributed by atoms with Crippen molar-refractivity contribution in [2.75, 3.05) is 0 Å². The van der Waals surface area contributed by atoms with E-state index in [2.05, 4.69) is 0 Å². The van der Waals surface area contributed by atoms with Gasteiger partial charge in [0, 0.05) is 11.6 Å². The molecular formula is C10H7F3O. The summed E-state index contributed by atoms with van der Waals surface area (Å²) in [6, 6.07) is 1.25. The Hall–Kier alpha value is -1.32. The van der Waals surface area contributed by atoms with Gasteiger partial charge in [0.15, 0.2) is 11.6 Å². The molecule has 0 aromatic heterocycles. The molecular weight excluding hydrogens is 193 g/mol. The van der Waals surface area contributed by atoms with Crippen molar-refractivity contribution < 1.29 is 18.0 Å². The highest BCUT2D eigenvalue weighted by Gasteiger charge is 2.46. The maximum Gasteiger partial charge on any atom is 0.161 e. The number of rotatable bonds is 2. The van der Waals surface area contributed by atoms with Crippen LogP contribution in [0.25, 0.3) is 0 Å². The predicted molar refractivity (Wildman–Crippen MR) is 43.3 cm³/mol. The molecule has 4 heteroatoms. The van der Waals surface area contributed by atoms with Gasteiger partial charge in [-0.2, -0.15) is 0 Å². The minimum absolute atomic E-state index is 0.0357. The number of carbonyl (C=O) groups is 1. The van der Waals surface area contributed by atoms with Crippen molar-refractivity contribution in [2.45, 2.75) is 18.3 Å². The van der Waals surface area contributed by atoms with Crippen LogP contribution in [0.4, 0.5) is 13.2 Å². The van der Waals surface area contributed by atoms with Gasteiger partial charge in [0.2, 0.25) is 0 Å². The first-order chi connectivity index (χ1) is 6.59. The first-order valence-electron chi connectivity index (χ1n) is 4.20. The third-order valence-electron chi connectivity index (χ3n) is 2.56. The van der Waals surface area contributed by atoms with Gasteiger partial charge in [-0.25, -0.2) is 13.2 Å². The van der Waals surface area contributed by atoms with E-state index < -0.39 is 22.9 Å². The molecule has 0 amide bonds. The fourth-order valence-electron chi connectivity index (χ4n) is 1.49. The smallest absolute Gasteiger partial charge is 0.161 e. The van der Waals surface area contributed by atoms with Gasteiger partial charge in [0.1, 0.15) is 12.1 Å². The first-order valence-corrected chi connectivity index (χ1v) is 4.20. The molecule has 0 heterocycles. The summed E-state index contributed by atoms with van der Waals surface area (Å²) in [5.74, 6) is -3.20. The number of carbonyl (C=O) groups excluding carboxylic acids is 1. The molecule has 1 fully saturated rings. The average molecular weight is 200 g/mol. The summed E-state index contributed by atoms with van der Waals surface area (Å²) in [5, 5.41) is 0. The molecule has 0 radical (unpaired) electrons. The summed E-state index contributed by atoms with van der Waals surface area (Å²) in [6.45, 7) is 0. The molecule has 0 bridgehead atoms. The van der Waals surface area contributed by atoms with Crippen LogP contribution in [0.2, 0.25) is 0 Å². The highest BCUT2D eigenvalue weighted by molar-refractivity contribution is 5.73. The van der Waals surface area contributed by atoms with E-state index >= 15 is 0 Å². The number of halogens is 3. The quantitative estimate of drug-likeness (QED) is 0.529. The van der Waals surface area contributed by atoms with Crippen molar-refractivity contribution >= 4 is 6.29 Å². The van der Waals surface area contributed by atoms with Gasteiger partial charge >= 0.3 is 0 Å². The molecule has 1 nitrogen and oxygen atoms in total. The third-order valence-corrected chi connectivity index (χ3v) is 2.56. The minimum Gasteiger partial charge on any atom is -0.302 e. The third kappa shape index (κ3) is 1.22. The Morgan fingerprint density at radius 3 is 2.14 bits per heavy atom. The normalized spacial score (nSPS) is 17.9. The van der Waals surface area contributed by atoms with Gasteiger partial charge < -0.3 is 4.79 Å². The fourth-order valence-corrected chi connectivity index (χ4v) is 1.49. The van der Waals surface area contributed by atoms with Crippen LogP contribution in [0, 0.1) is 17.5 Å². The summed E-state index contributed by atoms with van der Waals surface area (Å²) in [6.07, 6.45) is 1.60. The van der Waals surface area contributed by atoms with Crippen molar-refractivity contribution in [2.24, 2.45) is 0 Å². The zero-order chi connectivity index (χ0) is 10.3. The standard InChI is InChI=1S/C10H7F3O/c11-7-4-9(13)8(12)3-6(7)10(5-14)1-2-10/h3-5H,1-2H2. The van der Waals surface area contributed by atoms with E-state index in [1.165, 1.54) is 0 Å². The molecule has 1 aromatic rings. The Morgan fingerprint density at radius 1 is 1.07 bits per heavy atom. The van der Waals surface area contributed by atoms with Crippen LogP contribution in [-0.2, 0) is 10.2 Å². The Kier molecular flexibility index (Phi) is 1.87. The Bertz CT molecular complexity index is 397. The predicted octanol–water partition coefficient (Wildman–Crippen LogP) is 2.33. The molecule has 0 unspecified atom stereocenters. The molecule has 1 aliphatic rings. The largest absolute Gasteiger partial charge is 0.302 e. The van der Waals surface area contributed by atoms with E-state index in [4.69, 9.17) is 0 Å². The van der Waals surface area contributed by atoms with Crippen LogP contribution < -0.4 is 0 Å². The van der Waals surface area contributed by atoms with Crippen molar-refractivity contribution in [3.05, 3.63) is 35.1 Å². The van der Waals surface area contributed by atoms with E-state index in [1.807, 2.05) is 0 Å². The first kappa shape index (κ1) is 9.24. The van der Waals surface area contributed by atoms with E-state index in [9.17, 15) is 18.0 Å². The van der Waals surface area contributed by atoms with Crippen LogP contribution in [0.5, 0.6) is 0 Å². The molecule has 0 spiro atoms. The summed E-state index contributed by atoms with van der Waals surface area (Å²) in [7, 11) is 0. The SMILES string of the molecule is O=CC1(c2cc(F)c(F)cc2F)CC1. The van der Waals surface area contributed by atoms with E-state index in [0.29, 0.717) is 25.2 Å². The fraction of sp³-hybridized carbons (Fsp3) is 0.300. The van der Waals surface area contributed by atoms with Crippen molar-refractivity contribution in [3.63, 3.8) is 0 Å². The lowest BCUT2D eigenvalue weighted by molar-refractivity contribution is -0.109. The maximum absolute atomic E-state index is 13.2. The van der Waals surface area contributed by atoms with E-state index in [-0.39, 0.29) is 5.56 Å². The monoisotopic (exact) mass is 200 g/mol. The zero-order valence-corrected chi connectivity index (χ0v) is 7.19. The van der Waals surface area contributed by atoms with Gasteiger partial charge in [-0.3, -0.25) is 0 Å². The minimum atomic E-state index is -1.23. The van der Waals surface area contributed by atoms with Crippen LogP contribution in [-0.4, -0.2) is 6.29 Å². The van der Waals surface area contributed by atoms with Crippen LogP contribution in [0.15, 0.2) is 12.1 Å². The molecule has 0 saturated heterocycles. The van der Waals surface area contributed by atoms with Crippen molar-refractivity contribution in [3.8, 4) is 0 Å². The Morgan fingerprint density at radius 2 is 1.64 bits per heavy atom. The molecule has 1 aliphatic carbocycles. The highest BCUT2D eigenvalue weighted by Crippen LogP contribution is 2.47. The van der Waals surface area contributed by atoms with Crippen LogP contribution in [0.1, 0.15) is 18.4 Å². The highest BCUT2D eigenvalue weighted by atomic mass is 19.2. The zero-order valence-electron chi connectivity index (χ0n) is 7.19. The van der Waals surface area contributed by atoms with Gasteiger partial charge in [0.05, 0.1) is 5.41 Å².